The van der Waals surface area contributed by atoms with Crippen molar-refractivity contribution in [2.24, 2.45) is 7.05 Å². The predicted molar refractivity (Wildman–Crippen MR) is 67.4 cm³/mol. The van der Waals surface area contributed by atoms with Crippen molar-refractivity contribution in [2.75, 3.05) is 13.7 Å². The minimum Gasteiger partial charge on any atom is -0.383 e. The number of nitrogens with one attached hydrogen (secondary N) is 1. The van der Waals surface area contributed by atoms with Crippen LogP contribution in [0.4, 0.5) is 0 Å². The summed E-state index contributed by atoms with van der Waals surface area (Å²) in [6.07, 6.45) is 5.77. The third-order valence-electron chi connectivity index (χ3n) is 2.90. The summed E-state index contributed by atoms with van der Waals surface area (Å²) in [6, 6.07) is 4.70. The molecular weight excluding hydrogens is 200 g/mol. The minimum atomic E-state index is 0.472. The molecule has 1 unspecified atom stereocenters. The van der Waals surface area contributed by atoms with Crippen LogP contribution >= 0.6 is 0 Å². The molecule has 0 saturated carbocycles. The molecule has 3 heteroatoms. The van der Waals surface area contributed by atoms with E-state index in [0.29, 0.717) is 6.04 Å². The number of aryl methyl sites for hydroxylation is 1. The van der Waals surface area contributed by atoms with Crippen LogP contribution in [0.2, 0.25) is 0 Å². The van der Waals surface area contributed by atoms with Crippen LogP contribution in [0.3, 0.4) is 0 Å². The van der Waals surface area contributed by atoms with Crippen LogP contribution in [-0.2, 0) is 18.3 Å². The van der Waals surface area contributed by atoms with Gasteiger partial charge in [-0.1, -0.05) is 19.8 Å². The fraction of sp³-hybridized carbons (Fsp3) is 0.692. The number of rotatable bonds is 8. The monoisotopic (exact) mass is 224 g/mol. The normalized spacial score (nSPS) is 12.9. The molecular formula is C13H24N2O. The van der Waals surface area contributed by atoms with Crippen LogP contribution in [0.1, 0.15) is 31.9 Å². The molecule has 0 aromatic carbocycles. The van der Waals surface area contributed by atoms with E-state index in [2.05, 4.69) is 42.2 Å². The largest absolute Gasteiger partial charge is 0.383 e. The van der Waals surface area contributed by atoms with E-state index in [-0.39, 0.29) is 0 Å². The molecule has 3 nitrogen and oxygen atoms in total. The first-order valence-corrected chi connectivity index (χ1v) is 6.10. The van der Waals surface area contributed by atoms with Crippen LogP contribution in [0.25, 0.3) is 0 Å². The molecule has 0 spiro atoms. The number of nitrogens with zero attached hydrogens (tertiary/aromatic N) is 1. The number of aromatic nitrogens is 1. The topological polar surface area (TPSA) is 26.2 Å². The molecule has 0 aliphatic carbocycles. The Hall–Kier alpha value is -0.800. The van der Waals surface area contributed by atoms with Gasteiger partial charge >= 0.3 is 0 Å². The van der Waals surface area contributed by atoms with Crippen LogP contribution in [-0.4, -0.2) is 24.3 Å². The molecule has 16 heavy (non-hydrogen) atoms. The summed E-state index contributed by atoms with van der Waals surface area (Å²) in [5, 5.41) is 3.55. The summed E-state index contributed by atoms with van der Waals surface area (Å²) in [5.41, 5.74) is 1.32. The van der Waals surface area contributed by atoms with Gasteiger partial charge in [-0.3, -0.25) is 0 Å². The highest BCUT2D eigenvalue weighted by Crippen LogP contribution is 2.04. The Morgan fingerprint density at radius 3 is 2.88 bits per heavy atom. The first kappa shape index (κ1) is 13.3. The van der Waals surface area contributed by atoms with Gasteiger partial charge in [0.25, 0.3) is 0 Å². The molecule has 0 saturated heterocycles. The van der Waals surface area contributed by atoms with Gasteiger partial charge in [0, 0.05) is 38.6 Å². The van der Waals surface area contributed by atoms with Gasteiger partial charge in [-0.05, 0) is 18.6 Å². The average molecular weight is 224 g/mol. The zero-order valence-electron chi connectivity index (χ0n) is 10.7. The van der Waals surface area contributed by atoms with Crippen molar-refractivity contribution in [3.05, 3.63) is 24.0 Å². The van der Waals surface area contributed by atoms with Crippen molar-refractivity contribution in [1.82, 2.24) is 9.88 Å². The fourth-order valence-electron chi connectivity index (χ4n) is 1.83. The third-order valence-corrected chi connectivity index (χ3v) is 2.90. The second-order valence-electron chi connectivity index (χ2n) is 4.29. The van der Waals surface area contributed by atoms with Crippen LogP contribution in [0, 0.1) is 0 Å². The number of ether oxygens (including phenoxy) is 1. The molecule has 1 aromatic heterocycles. The van der Waals surface area contributed by atoms with E-state index in [1.54, 1.807) is 7.11 Å². The fourth-order valence-corrected chi connectivity index (χ4v) is 1.83. The van der Waals surface area contributed by atoms with Crippen LogP contribution in [0.5, 0.6) is 0 Å². The molecule has 1 N–H and O–H groups in total. The Balaban J connectivity index is 2.34. The Bertz CT molecular complexity index is 283. The van der Waals surface area contributed by atoms with Crippen LogP contribution in [0.15, 0.2) is 18.3 Å². The van der Waals surface area contributed by atoms with Gasteiger partial charge in [0.1, 0.15) is 0 Å². The van der Waals surface area contributed by atoms with Crippen molar-refractivity contribution < 1.29 is 4.74 Å². The zero-order valence-corrected chi connectivity index (χ0v) is 10.7. The Labute approximate surface area is 98.8 Å². The first-order chi connectivity index (χ1) is 7.77. The van der Waals surface area contributed by atoms with Crippen molar-refractivity contribution >= 4 is 0 Å². The van der Waals surface area contributed by atoms with Gasteiger partial charge in [0.15, 0.2) is 0 Å². The Kier molecular flexibility index (Phi) is 6.19. The smallest absolute Gasteiger partial charge is 0.0615 e. The van der Waals surface area contributed by atoms with Crippen molar-refractivity contribution in [1.29, 1.82) is 0 Å². The lowest BCUT2D eigenvalue weighted by Gasteiger charge is -2.17. The molecule has 1 rings (SSSR count). The number of unbranched alkanes of at least 4 members (excludes halogenated alkanes) is 1. The summed E-state index contributed by atoms with van der Waals surface area (Å²) in [5.74, 6) is 0. The summed E-state index contributed by atoms with van der Waals surface area (Å²) in [7, 11) is 3.84. The van der Waals surface area contributed by atoms with Crippen molar-refractivity contribution in [2.45, 2.75) is 38.8 Å². The molecule has 1 aromatic rings. The lowest BCUT2D eigenvalue weighted by Crippen LogP contribution is -2.33. The minimum absolute atomic E-state index is 0.472. The summed E-state index contributed by atoms with van der Waals surface area (Å²) in [4.78, 5) is 0. The van der Waals surface area contributed by atoms with E-state index in [0.717, 1.165) is 13.2 Å². The van der Waals surface area contributed by atoms with Gasteiger partial charge in [-0.25, -0.2) is 0 Å². The predicted octanol–water partition coefficient (Wildman–Crippen LogP) is 2.32. The van der Waals surface area contributed by atoms with E-state index >= 15 is 0 Å². The first-order valence-electron chi connectivity index (χ1n) is 6.10. The highest BCUT2D eigenvalue weighted by molar-refractivity contribution is 5.06. The van der Waals surface area contributed by atoms with E-state index in [4.69, 9.17) is 4.74 Å². The second kappa shape index (κ2) is 7.47. The lowest BCUT2D eigenvalue weighted by molar-refractivity contribution is 0.160. The summed E-state index contributed by atoms with van der Waals surface area (Å²) < 4.78 is 7.38. The Morgan fingerprint density at radius 2 is 2.31 bits per heavy atom. The molecule has 1 heterocycles. The molecule has 92 valence electrons. The second-order valence-corrected chi connectivity index (χ2v) is 4.29. The van der Waals surface area contributed by atoms with Gasteiger partial charge in [0.05, 0.1) is 6.61 Å². The van der Waals surface area contributed by atoms with Crippen molar-refractivity contribution in [3.63, 3.8) is 0 Å². The number of hydrogen-bond donors (Lipinski definition) is 1. The molecule has 0 amide bonds. The van der Waals surface area contributed by atoms with Crippen molar-refractivity contribution in [3.8, 4) is 0 Å². The Morgan fingerprint density at radius 1 is 1.50 bits per heavy atom. The molecule has 1 atom stereocenters. The van der Waals surface area contributed by atoms with E-state index in [9.17, 15) is 0 Å². The van der Waals surface area contributed by atoms with Gasteiger partial charge in [-0.15, -0.1) is 0 Å². The van der Waals surface area contributed by atoms with Gasteiger partial charge in [0.2, 0.25) is 0 Å². The zero-order chi connectivity index (χ0) is 11.8. The summed E-state index contributed by atoms with van der Waals surface area (Å²) >= 11 is 0. The van der Waals surface area contributed by atoms with E-state index < -0.39 is 0 Å². The maximum Gasteiger partial charge on any atom is 0.0615 e. The molecule has 0 radical (unpaired) electrons. The SMILES string of the molecule is CCCCC(COC)NCc1cccn1C. The van der Waals surface area contributed by atoms with E-state index in [1.165, 1.54) is 25.0 Å². The lowest BCUT2D eigenvalue weighted by atomic mass is 10.1. The molecule has 0 bridgehead atoms. The average Bonchev–Trinajstić information content (AvgIpc) is 2.68. The number of hydrogen-bond acceptors (Lipinski definition) is 2. The highest BCUT2D eigenvalue weighted by Gasteiger charge is 2.07. The summed E-state index contributed by atoms with van der Waals surface area (Å²) in [6.45, 7) is 3.94. The van der Waals surface area contributed by atoms with Gasteiger partial charge in [-0.2, -0.15) is 0 Å². The molecule has 0 fully saturated rings. The van der Waals surface area contributed by atoms with Crippen LogP contribution < -0.4 is 5.32 Å². The highest BCUT2D eigenvalue weighted by atomic mass is 16.5. The maximum absolute atomic E-state index is 5.23. The standard InChI is InChI=1S/C13H24N2O/c1-4-5-7-12(11-16-3)14-10-13-8-6-9-15(13)2/h6,8-9,12,14H,4-5,7,10-11H2,1-3H3. The molecule has 0 aliphatic heterocycles. The van der Waals surface area contributed by atoms with E-state index in [1.807, 2.05) is 0 Å². The quantitative estimate of drug-likeness (QED) is 0.733. The number of methoxy groups -OCH3 is 1. The maximum atomic E-state index is 5.23. The van der Waals surface area contributed by atoms with Gasteiger partial charge < -0.3 is 14.6 Å². The third kappa shape index (κ3) is 4.37. The molecule has 0 aliphatic rings.